The van der Waals surface area contributed by atoms with Crippen LogP contribution in [0.15, 0.2) is 85.1 Å². The maximum absolute atomic E-state index is 13.3. The zero-order chi connectivity index (χ0) is 49.5. The summed E-state index contributed by atoms with van der Waals surface area (Å²) in [7, 11) is 0. The van der Waals surface area contributed by atoms with Crippen molar-refractivity contribution in [2.75, 3.05) is 6.61 Å². The summed E-state index contributed by atoms with van der Waals surface area (Å²) in [5, 5.41) is 23.9. The van der Waals surface area contributed by atoms with E-state index >= 15 is 0 Å². The van der Waals surface area contributed by atoms with E-state index in [9.17, 15) is 19.8 Å². The molecular weight excluding hydrogens is 839 g/mol. The Morgan fingerprint density at radius 1 is 0.441 bits per heavy atom. The molecule has 0 rings (SSSR count). The van der Waals surface area contributed by atoms with E-state index in [-0.39, 0.29) is 31.3 Å². The van der Waals surface area contributed by atoms with Crippen LogP contribution in [0.2, 0.25) is 0 Å². The van der Waals surface area contributed by atoms with E-state index in [1.807, 2.05) is 6.08 Å². The Kier molecular flexibility index (Phi) is 52.6. The lowest BCUT2D eigenvalue weighted by Crippen LogP contribution is -2.46. The fraction of sp³-hybridized carbons (Fsp3) is 0.742. The SMILES string of the molecule is CC/C=C\C/C=C\C/C=C\C/C=C\C/C=C\C/C=C\CCC(=O)OC(CCCCCCC/C=C/CCCCCCCC)CC(=O)NC(CO)C(O)CCCCCCCCCCCCCCCCC. The minimum absolute atomic E-state index is 0.0389. The Balaban J connectivity index is 4.69. The van der Waals surface area contributed by atoms with E-state index in [1.54, 1.807) is 0 Å². The molecule has 0 radical (unpaired) electrons. The van der Waals surface area contributed by atoms with E-state index < -0.39 is 18.2 Å². The largest absolute Gasteiger partial charge is 0.462 e. The Hall–Kier alpha value is -2.96. The van der Waals surface area contributed by atoms with Crippen molar-refractivity contribution < 1.29 is 24.5 Å². The molecule has 0 aliphatic rings. The summed E-state index contributed by atoms with van der Waals surface area (Å²) >= 11 is 0. The van der Waals surface area contributed by atoms with Gasteiger partial charge in [0.2, 0.25) is 5.91 Å². The lowest BCUT2D eigenvalue weighted by molar-refractivity contribution is -0.150. The molecular formula is C62H109NO5. The molecule has 0 saturated heterocycles. The number of unbranched alkanes of at least 4 members (excludes halogenated alkanes) is 25. The molecule has 0 heterocycles. The van der Waals surface area contributed by atoms with Crippen LogP contribution in [-0.4, -0.2) is 46.9 Å². The highest BCUT2D eigenvalue weighted by molar-refractivity contribution is 5.77. The van der Waals surface area contributed by atoms with Crippen molar-refractivity contribution >= 4 is 11.9 Å². The number of rotatable bonds is 51. The van der Waals surface area contributed by atoms with Crippen molar-refractivity contribution in [3.8, 4) is 0 Å². The van der Waals surface area contributed by atoms with Crippen LogP contribution in [0.3, 0.4) is 0 Å². The summed E-state index contributed by atoms with van der Waals surface area (Å²) in [6.45, 7) is 6.37. The van der Waals surface area contributed by atoms with Crippen LogP contribution in [-0.2, 0) is 14.3 Å². The highest BCUT2D eigenvalue weighted by atomic mass is 16.5. The second-order valence-corrected chi connectivity index (χ2v) is 19.3. The predicted octanol–water partition coefficient (Wildman–Crippen LogP) is 17.9. The van der Waals surface area contributed by atoms with E-state index in [0.717, 1.165) is 83.5 Å². The second-order valence-electron chi connectivity index (χ2n) is 19.3. The van der Waals surface area contributed by atoms with Crippen molar-refractivity contribution in [1.29, 1.82) is 0 Å². The summed E-state index contributed by atoms with van der Waals surface area (Å²) in [4.78, 5) is 26.2. The van der Waals surface area contributed by atoms with Crippen molar-refractivity contribution in [2.24, 2.45) is 0 Å². The van der Waals surface area contributed by atoms with Crippen LogP contribution in [0.5, 0.6) is 0 Å². The molecule has 6 heteroatoms. The monoisotopic (exact) mass is 948 g/mol. The number of esters is 1. The molecule has 0 aromatic rings. The van der Waals surface area contributed by atoms with Crippen molar-refractivity contribution in [1.82, 2.24) is 5.32 Å². The standard InChI is InChI=1S/C62H109NO5/c1-4-7-10-13-16-19-22-25-28-29-30-31-34-37-40-43-46-49-52-55-62(67)68-58(53-50-47-44-41-38-35-32-26-23-20-17-14-11-8-5-2)56-61(66)63-59(57-64)60(65)54-51-48-45-42-39-36-33-27-24-21-18-15-12-9-6-3/h7,10,16,19,25-26,28,30-32,37,40,46,49,58-60,64-65H,4-6,8-9,11-15,17-18,20-24,27,29,33-36,38-39,41-45,47-48,50-57H2,1-3H3,(H,63,66)/b10-7-,19-16-,28-25-,31-30-,32-26+,40-37-,49-46-. The number of hydrogen-bond donors (Lipinski definition) is 3. The van der Waals surface area contributed by atoms with E-state index in [2.05, 4.69) is 105 Å². The van der Waals surface area contributed by atoms with Gasteiger partial charge in [-0.3, -0.25) is 9.59 Å². The molecule has 0 bridgehead atoms. The van der Waals surface area contributed by atoms with E-state index in [1.165, 1.54) is 135 Å². The maximum atomic E-state index is 13.3. The van der Waals surface area contributed by atoms with Crippen LogP contribution >= 0.6 is 0 Å². The molecule has 0 aliphatic carbocycles. The maximum Gasteiger partial charge on any atom is 0.306 e. The number of amides is 1. The zero-order valence-electron chi connectivity index (χ0n) is 44.7. The van der Waals surface area contributed by atoms with Crippen molar-refractivity contribution in [2.45, 2.75) is 289 Å². The molecule has 0 spiro atoms. The van der Waals surface area contributed by atoms with Gasteiger partial charge in [-0.05, 0) is 89.9 Å². The molecule has 1 amide bonds. The number of carbonyl (C=O) groups excluding carboxylic acids is 2. The summed E-state index contributed by atoms with van der Waals surface area (Å²) < 4.78 is 5.91. The van der Waals surface area contributed by atoms with Gasteiger partial charge in [-0.1, -0.05) is 254 Å². The Morgan fingerprint density at radius 3 is 1.21 bits per heavy atom. The summed E-state index contributed by atoms with van der Waals surface area (Å²) in [6.07, 6.45) is 72.2. The molecule has 68 heavy (non-hydrogen) atoms. The molecule has 3 N–H and O–H groups in total. The summed E-state index contributed by atoms with van der Waals surface area (Å²) in [6, 6.07) is -0.724. The van der Waals surface area contributed by atoms with Crippen LogP contribution in [0.4, 0.5) is 0 Å². The fourth-order valence-electron chi connectivity index (χ4n) is 8.39. The highest BCUT2D eigenvalue weighted by Crippen LogP contribution is 2.18. The molecule has 0 saturated carbocycles. The number of nitrogens with one attached hydrogen (secondary N) is 1. The first-order valence-corrected chi connectivity index (χ1v) is 28.8. The first-order chi connectivity index (χ1) is 33.5. The van der Waals surface area contributed by atoms with Crippen LogP contribution in [0.25, 0.3) is 0 Å². The average Bonchev–Trinajstić information content (AvgIpc) is 3.33. The second kappa shape index (κ2) is 55.0. The number of hydrogen-bond acceptors (Lipinski definition) is 5. The molecule has 6 nitrogen and oxygen atoms in total. The zero-order valence-corrected chi connectivity index (χ0v) is 44.7. The summed E-state index contributed by atoms with van der Waals surface area (Å²) in [5.41, 5.74) is 0. The van der Waals surface area contributed by atoms with Crippen LogP contribution in [0.1, 0.15) is 271 Å². The Morgan fingerprint density at radius 2 is 0.794 bits per heavy atom. The molecule has 0 aromatic heterocycles. The topological polar surface area (TPSA) is 95.9 Å². The minimum Gasteiger partial charge on any atom is -0.462 e. The predicted molar refractivity (Wildman–Crippen MR) is 296 cm³/mol. The number of allylic oxidation sites excluding steroid dienone is 14. The molecule has 3 atom stereocenters. The Labute approximate surface area is 421 Å². The third kappa shape index (κ3) is 49.5. The molecule has 3 unspecified atom stereocenters. The van der Waals surface area contributed by atoms with Crippen LogP contribution in [0, 0.1) is 0 Å². The molecule has 0 aromatic carbocycles. The van der Waals surface area contributed by atoms with Gasteiger partial charge in [0.25, 0.3) is 0 Å². The van der Waals surface area contributed by atoms with Crippen molar-refractivity contribution in [3.63, 3.8) is 0 Å². The number of ether oxygens (including phenoxy) is 1. The molecule has 392 valence electrons. The van der Waals surface area contributed by atoms with Gasteiger partial charge in [-0.15, -0.1) is 0 Å². The smallest absolute Gasteiger partial charge is 0.306 e. The average molecular weight is 949 g/mol. The van der Waals surface area contributed by atoms with Crippen molar-refractivity contribution in [3.05, 3.63) is 85.1 Å². The third-order valence-electron chi connectivity index (χ3n) is 12.7. The quantitative estimate of drug-likeness (QED) is 0.0321. The first-order valence-electron chi connectivity index (χ1n) is 28.8. The van der Waals surface area contributed by atoms with Gasteiger partial charge in [0.1, 0.15) is 6.10 Å². The van der Waals surface area contributed by atoms with E-state index in [4.69, 9.17) is 4.74 Å². The number of aliphatic hydroxyl groups is 2. The fourth-order valence-corrected chi connectivity index (χ4v) is 8.39. The van der Waals surface area contributed by atoms with Gasteiger partial charge in [-0.25, -0.2) is 0 Å². The number of carbonyl (C=O) groups is 2. The molecule has 0 aliphatic heterocycles. The molecule has 0 fully saturated rings. The van der Waals surface area contributed by atoms with Gasteiger partial charge >= 0.3 is 5.97 Å². The van der Waals surface area contributed by atoms with Gasteiger partial charge in [-0.2, -0.15) is 0 Å². The first kappa shape index (κ1) is 65.0. The van der Waals surface area contributed by atoms with Gasteiger partial charge < -0.3 is 20.3 Å². The third-order valence-corrected chi connectivity index (χ3v) is 12.7. The Bertz CT molecular complexity index is 1290. The normalized spacial score (nSPS) is 13.8. The lowest BCUT2D eigenvalue weighted by Gasteiger charge is -2.24. The lowest BCUT2D eigenvalue weighted by atomic mass is 10.0. The number of aliphatic hydroxyl groups excluding tert-OH is 2. The van der Waals surface area contributed by atoms with Crippen LogP contribution < -0.4 is 5.32 Å². The van der Waals surface area contributed by atoms with Gasteiger partial charge in [0.05, 0.1) is 25.2 Å². The summed E-state index contributed by atoms with van der Waals surface area (Å²) in [5.74, 6) is -0.580. The van der Waals surface area contributed by atoms with E-state index in [0.29, 0.717) is 19.3 Å². The van der Waals surface area contributed by atoms with Gasteiger partial charge in [0, 0.05) is 6.42 Å². The minimum atomic E-state index is -0.807. The van der Waals surface area contributed by atoms with Gasteiger partial charge in [0.15, 0.2) is 0 Å². The highest BCUT2D eigenvalue weighted by Gasteiger charge is 2.24.